The maximum absolute atomic E-state index is 12.7. The molecule has 6 heteroatoms. The minimum absolute atomic E-state index is 0.111. The molecule has 3 unspecified atom stereocenters. The van der Waals surface area contributed by atoms with Gasteiger partial charge in [-0.15, -0.1) is 0 Å². The summed E-state index contributed by atoms with van der Waals surface area (Å²) < 4.78 is 28.1. The van der Waals surface area contributed by atoms with Crippen LogP contribution in [0.3, 0.4) is 0 Å². The molecule has 2 aromatic carbocycles. The number of rotatable bonds is 5. The fourth-order valence-electron chi connectivity index (χ4n) is 3.93. The van der Waals surface area contributed by atoms with Crippen molar-refractivity contribution < 1.29 is 13.2 Å². The van der Waals surface area contributed by atoms with Gasteiger partial charge >= 0.3 is 0 Å². The largest absolute Gasteiger partial charge is 0.349 e. The zero-order valence-electron chi connectivity index (χ0n) is 17.5. The summed E-state index contributed by atoms with van der Waals surface area (Å²) in [6, 6.07) is 12.1. The van der Waals surface area contributed by atoms with Crippen LogP contribution in [0.25, 0.3) is 0 Å². The molecule has 3 atom stereocenters. The highest BCUT2D eigenvalue weighted by Gasteiger charge is 2.28. The molecule has 0 saturated heterocycles. The molecule has 3 rings (SSSR count). The van der Waals surface area contributed by atoms with Crippen molar-refractivity contribution in [3.8, 4) is 0 Å². The number of hydrogen-bond acceptors (Lipinski definition) is 3. The Morgan fingerprint density at radius 3 is 2.38 bits per heavy atom. The Hall–Kier alpha value is -2.34. The molecule has 2 aromatic rings. The van der Waals surface area contributed by atoms with E-state index in [9.17, 15) is 13.2 Å². The first-order valence-corrected chi connectivity index (χ1v) is 11.7. The average molecular weight is 415 g/mol. The number of amides is 1. The molecule has 5 nitrogen and oxygen atoms in total. The lowest BCUT2D eigenvalue weighted by atomic mass is 9.78. The number of sulfonamides is 1. The highest BCUT2D eigenvalue weighted by atomic mass is 32.2. The van der Waals surface area contributed by atoms with Crippen LogP contribution in [0.15, 0.2) is 47.4 Å². The number of aryl methyl sites for hydroxylation is 2. The van der Waals surface area contributed by atoms with Crippen LogP contribution in [0.2, 0.25) is 0 Å². The monoisotopic (exact) mass is 414 g/mol. The summed E-state index contributed by atoms with van der Waals surface area (Å²) in [6.45, 7) is 8.06. The van der Waals surface area contributed by atoms with Gasteiger partial charge in [-0.2, -0.15) is 0 Å². The van der Waals surface area contributed by atoms with Crippen molar-refractivity contribution in [3.05, 3.63) is 59.2 Å². The van der Waals surface area contributed by atoms with Gasteiger partial charge in [-0.05, 0) is 73.6 Å². The summed E-state index contributed by atoms with van der Waals surface area (Å²) in [5.41, 5.74) is 2.54. The number of anilines is 1. The van der Waals surface area contributed by atoms with Crippen molar-refractivity contribution in [1.82, 2.24) is 5.32 Å². The third kappa shape index (κ3) is 4.99. The molecule has 0 aromatic heterocycles. The molecular weight excluding hydrogens is 384 g/mol. The molecule has 0 bridgehead atoms. The summed E-state index contributed by atoms with van der Waals surface area (Å²) in [5, 5.41) is 3.14. The quantitative estimate of drug-likeness (QED) is 0.747. The molecule has 0 radical (unpaired) electrons. The lowest BCUT2D eigenvalue weighted by Crippen LogP contribution is -2.43. The van der Waals surface area contributed by atoms with Gasteiger partial charge in [0.1, 0.15) is 0 Å². The Balaban J connectivity index is 1.70. The van der Waals surface area contributed by atoms with E-state index in [2.05, 4.69) is 23.9 Å². The topological polar surface area (TPSA) is 75.3 Å². The maximum atomic E-state index is 12.7. The zero-order chi connectivity index (χ0) is 21.2. The van der Waals surface area contributed by atoms with Crippen LogP contribution < -0.4 is 10.0 Å². The van der Waals surface area contributed by atoms with E-state index in [1.54, 1.807) is 43.3 Å². The summed E-state index contributed by atoms with van der Waals surface area (Å²) in [5.74, 6) is 0.951. The lowest BCUT2D eigenvalue weighted by molar-refractivity contribution is 0.0891. The molecule has 0 heterocycles. The molecule has 156 valence electrons. The molecule has 2 N–H and O–H groups in total. The number of hydrogen-bond donors (Lipinski definition) is 2. The molecule has 0 aliphatic heterocycles. The van der Waals surface area contributed by atoms with Gasteiger partial charge < -0.3 is 5.32 Å². The average Bonchev–Trinajstić information content (AvgIpc) is 2.67. The van der Waals surface area contributed by atoms with Crippen LogP contribution in [0.4, 0.5) is 5.69 Å². The SMILES string of the molecule is Cc1ccc(C)c(S(=O)(=O)Nc2ccc(C(=O)NC3CCCC(C)C3C)cc2)c1. The number of benzene rings is 2. The standard InChI is InChI=1S/C23H30N2O3S/c1-15-8-9-17(3)22(14-15)29(27,28)25-20-12-10-19(11-13-20)23(26)24-21-7-5-6-16(2)18(21)4/h8-14,16,18,21,25H,5-7H2,1-4H3,(H,24,26). The molecule has 1 amide bonds. The summed E-state index contributed by atoms with van der Waals surface area (Å²) in [7, 11) is -3.69. The molecule has 29 heavy (non-hydrogen) atoms. The van der Waals surface area contributed by atoms with Crippen LogP contribution in [0.1, 0.15) is 54.6 Å². The van der Waals surface area contributed by atoms with Gasteiger partial charge in [0.05, 0.1) is 4.90 Å². The second-order valence-electron chi connectivity index (χ2n) is 8.30. The van der Waals surface area contributed by atoms with Crippen LogP contribution >= 0.6 is 0 Å². The number of carbonyl (C=O) groups excluding carboxylic acids is 1. The molecule has 1 aliphatic rings. The van der Waals surface area contributed by atoms with Crippen LogP contribution in [0.5, 0.6) is 0 Å². The Kier molecular flexibility index (Phi) is 6.32. The van der Waals surface area contributed by atoms with E-state index in [0.29, 0.717) is 28.7 Å². The Morgan fingerprint density at radius 2 is 1.69 bits per heavy atom. The van der Waals surface area contributed by atoms with E-state index in [1.165, 1.54) is 6.42 Å². The normalized spacial score (nSPS) is 22.1. The van der Waals surface area contributed by atoms with Gasteiger partial charge in [0.25, 0.3) is 15.9 Å². The predicted octanol–water partition coefficient (Wildman–Crippen LogP) is 4.66. The molecule has 1 saturated carbocycles. The van der Waals surface area contributed by atoms with Crippen molar-refractivity contribution in [2.24, 2.45) is 11.8 Å². The van der Waals surface area contributed by atoms with E-state index in [4.69, 9.17) is 0 Å². The fourth-order valence-corrected chi connectivity index (χ4v) is 5.32. The third-order valence-corrected chi connectivity index (χ3v) is 7.58. The molecule has 1 fully saturated rings. The first kappa shape index (κ1) is 21.4. The van der Waals surface area contributed by atoms with Crippen molar-refractivity contribution in [3.63, 3.8) is 0 Å². The van der Waals surface area contributed by atoms with Gasteiger partial charge in [-0.3, -0.25) is 9.52 Å². The van der Waals surface area contributed by atoms with E-state index < -0.39 is 10.0 Å². The van der Waals surface area contributed by atoms with E-state index in [1.807, 2.05) is 13.0 Å². The zero-order valence-corrected chi connectivity index (χ0v) is 18.3. The van der Waals surface area contributed by atoms with Gasteiger partial charge in [-0.1, -0.05) is 38.8 Å². The fraction of sp³-hybridized carbons (Fsp3) is 0.435. The number of carbonyl (C=O) groups is 1. The van der Waals surface area contributed by atoms with Crippen LogP contribution in [0, 0.1) is 25.7 Å². The van der Waals surface area contributed by atoms with Gasteiger partial charge in [0.2, 0.25) is 0 Å². The van der Waals surface area contributed by atoms with Gasteiger partial charge in [0, 0.05) is 17.3 Å². The van der Waals surface area contributed by atoms with E-state index in [0.717, 1.165) is 18.4 Å². The number of nitrogens with one attached hydrogen (secondary N) is 2. The van der Waals surface area contributed by atoms with E-state index >= 15 is 0 Å². The Bertz CT molecular complexity index is 984. The molecule has 1 aliphatic carbocycles. The smallest absolute Gasteiger partial charge is 0.262 e. The second kappa shape index (κ2) is 8.57. The third-order valence-electron chi connectivity index (χ3n) is 6.06. The first-order valence-electron chi connectivity index (χ1n) is 10.2. The minimum atomic E-state index is -3.69. The lowest BCUT2D eigenvalue weighted by Gasteiger charge is -2.34. The van der Waals surface area contributed by atoms with Crippen molar-refractivity contribution in [1.29, 1.82) is 0 Å². The van der Waals surface area contributed by atoms with Crippen LogP contribution in [-0.2, 0) is 10.0 Å². The highest BCUT2D eigenvalue weighted by Crippen LogP contribution is 2.29. The Morgan fingerprint density at radius 1 is 1.00 bits per heavy atom. The van der Waals surface area contributed by atoms with Crippen molar-refractivity contribution in [2.45, 2.75) is 57.9 Å². The first-order chi connectivity index (χ1) is 13.7. The van der Waals surface area contributed by atoms with Gasteiger partial charge in [-0.25, -0.2) is 8.42 Å². The van der Waals surface area contributed by atoms with Crippen LogP contribution in [-0.4, -0.2) is 20.4 Å². The van der Waals surface area contributed by atoms with Gasteiger partial charge in [0.15, 0.2) is 0 Å². The maximum Gasteiger partial charge on any atom is 0.262 e. The molecular formula is C23H30N2O3S. The highest BCUT2D eigenvalue weighted by molar-refractivity contribution is 7.92. The second-order valence-corrected chi connectivity index (χ2v) is 9.95. The summed E-state index contributed by atoms with van der Waals surface area (Å²) >= 11 is 0. The van der Waals surface area contributed by atoms with Crippen molar-refractivity contribution >= 4 is 21.6 Å². The molecule has 0 spiro atoms. The summed E-state index contributed by atoms with van der Waals surface area (Å²) in [4.78, 5) is 12.9. The van der Waals surface area contributed by atoms with Crippen molar-refractivity contribution in [2.75, 3.05) is 4.72 Å². The minimum Gasteiger partial charge on any atom is -0.349 e. The van der Waals surface area contributed by atoms with E-state index in [-0.39, 0.29) is 16.8 Å². The Labute approximate surface area is 174 Å². The summed E-state index contributed by atoms with van der Waals surface area (Å²) in [6.07, 6.45) is 3.35. The predicted molar refractivity (Wildman–Crippen MR) is 117 cm³/mol.